The molecule has 0 fully saturated rings. The van der Waals surface area contributed by atoms with Crippen molar-refractivity contribution in [2.75, 3.05) is 5.43 Å². The Morgan fingerprint density at radius 2 is 1.88 bits per heavy atom. The largest absolute Gasteiger partial charge is 0.474 e. The van der Waals surface area contributed by atoms with E-state index in [4.69, 9.17) is 0 Å². The zero-order valence-electron chi connectivity index (χ0n) is 9.17. The molecule has 0 aliphatic carbocycles. The number of amides is 1. The minimum absolute atomic E-state index is 0.256. The predicted molar refractivity (Wildman–Crippen MR) is 50.0 cm³/mol. The average molecular weight is 236 g/mol. The summed E-state index contributed by atoms with van der Waals surface area (Å²) < 4.78 is 38.5. The minimum atomic E-state index is -4.88. The van der Waals surface area contributed by atoms with Gasteiger partial charge in [-0.15, -0.1) is 4.68 Å². The van der Waals surface area contributed by atoms with Gasteiger partial charge >= 0.3 is 12.1 Å². The molecule has 0 saturated heterocycles. The van der Waals surface area contributed by atoms with Crippen molar-refractivity contribution in [2.45, 2.75) is 32.5 Å². The quantitative estimate of drug-likeness (QED) is 0.730. The number of carbonyl (C=O) groups is 1. The Bertz CT molecular complexity index is 389. The summed E-state index contributed by atoms with van der Waals surface area (Å²) in [6.45, 7) is 5.68. The fourth-order valence-corrected chi connectivity index (χ4v) is 0.998. The van der Waals surface area contributed by atoms with Crippen LogP contribution < -0.4 is 9.99 Å². The summed E-state index contributed by atoms with van der Waals surface area (Å²) in [5, 5.41) is 0. The molecule has 7 heteroatoms. The fourth-order valence-electron chi connectivity index (χ4n) is 0.998. The fraction of sp³-hybridized carbons (Fsp3) is 0.556. The molecule has 0 radical (unpaired) electrons. The molecular weight excluding hydrogens is 223 g/mol. The van der Waals surface area contributed by atoms with Crippen LogP contribution in [0.5, 0.6) is 0 Å². The van der Waals surface area contributed by atoms with E-state index in [1.807, 2.05) is 20.8 Å². The van der Waals surface area contributed by atoms with Crippen LogP contribution in [0.25, 0.3) is 0 Å². The van der Waals surface area contributed by atoms with E-state index in [2.05, 4.69) is 0 Å². The summed E-state index contributed by atoms with van der Waals surface area (Å²) in [6, 6.07) is 0. The molecule has 0 aliphatic heterocycles. The third-order valence-corrected chi connectivity index (χ3v) is 1.90. The highest BCUT2D eigenvalue weighted by molar-refractivity contribution is 5.88. The topological polar surface area (TPSA) is 37.9 Å². The molecular formula is C9H13F3N3O+. The van der Waals surface area contributed by atoms with Gasteiger partial charge in [0.2, 0.25) is 0 Å². The Kier molecular flexibility index (Phi) is 2.98. The SMILES string of the molecule is CC(C)(C)[n+]1ccn(NC(=O)C(F)(F)F)c1. The van der Waals surface area contributed by atoms with Crippen LogP contribution in [0, 0.1) is 0 Å². The van der Waals surface area contributed by atoms with Gasteiger partial charge in [-0.3, -0.25) is 4.79 Å². The zero-order chi connectivity index (χ0) is 12.6. The van der Waals surface area contributed by atoms with Crippen molar-refractivity contribution in [1.29, 1.82) is 0 Å². The first-order valence-corrected chi connectivity index (χ1v) is 4.58. The van der Waals surface area contributed by atoms with Crippen LogP contribution in [0.1, 0.15) is 20.8 Å². The molecule has 0 atom stereocenters. The van der Waals surface area contributed by atoms with Crippen LogP contribution in [-0.2, 0) is 10.3 Å². The van der Waals surface area contributed by atoms with Gasteiger partial charge in [0.05, 0.1) is 0 Å². The van der Waals surface area contributed by atoms with Crippen molar-refractivity contribution in [2.24, 2.45) is 0 Å². The number of nitrogens with one attached hydrogen (secondary N) is 1. The van der Waals surface area contributed by atoms with E-state index >= 15 is 0 Å². The molecule has 0 unspecified atom stereocenters. The summed E-state index contributed by atoms with van der Waals surface area (Å²) in [7, 11) is 0. The molecule has 1 rings (SSSR count). The first kappa shape index (κ1) is 12.5. The van der Waals surface area contributed by atoms with Gasteiger partial charge < -0.3 is 0 Å². The predicted octanol–water partition coefficient (Wildman–Crippen LogP) is 1.16. The maximum absolute atomic E-state index is 11.9. The van der Waals surface area contributed by atoms with Gasteiger partial charge in [-0.2, -0.15) is 18.6 Å². The van der Waals surface area contributed by atoms with Gasteiger partial charge in [0.1, 0.15) is 11.7 Å². The highest BCUT2D eigenvalue weighted by Crippen LogP contribution is 2.14. The third kappa shape index (κ3) is 2.98. The minimum Gasteiger partial charge on any atom is -0.261 e. The molecule has 1 aromatic rings. The first-order chi connectivity index (χ1) is 7.10. The second-order valence-corrected chi connectivity index (χ2v) is 4.34. The monoisotopic (exact) mass is 236 g/mol. The molecule has 0 saturated carbocycles. The molecule has 90 valence electrons. The lowest BCUT2D eigenvalue weighted by Gasteiger charge is -2.13. The number of aromatic nitrogens is 2. The van der Waals surface area contributed by atoms with Gasteiger partial charge in [0.15, 0.2) is 6.20 Å². The third-order valence-electron chi connectivity index (χ3n) is 1.90. The number of hydrogen-bond acceptors (Lipinski definition) is 1. The van der Waals surface area contributed by atoms with Crippen molar-refractivity contribution in [3.63, 3.8) is 0 Å². The lowest BCUT2D eigenvalue weighted by molar-refractivity contribution is -0.753. The van der Waals surface area contributed by atoms with Crippen LogP contribution in [0.4, 0.5) is 13.2 Å². The van der Waals surface area contributed by atoms with Gasteiger partial charge in [0, 0.05) is 0 Å². The van der Waals surface area contributed by atoms with E-state index in [1.165, 1.54) is 12.5 Å². The second kappa shape index (κ2) is 3.80. The second-order valence-electron chi connectivity index (χ2n) is 4.34. The molecule has 1 amide bonds. The van der Waals surface area contributed by atoms with Gasteiger partial charge in [0.25, 0.3) is 6.33 Å². The standard InChI is InChI=1S/C9H12F3N3O/c1-8(2,3)14-4-5-15(6-14)13-7(16)9(10,11)12/h4-6H,1-3H3/p+1. The molecule has 0 bridgehead atoms. The summed E-state index contributed by atoms with van der Waals surface area (Å²) in [6.07, 6.45) is -0.577. The number of carbonyl (C=O) groups excluding carboxylic acids is 1. The van der Waals surface area contributed by atoms with Crippen LogP contribution in [0.3, 0.4) is 0 Å². The highest BCUT2D eigenvalue weighted by Gasteiger charge is 2.40. The molecule has 0 aliphatic rings. The van der Waals surface area contributed by atoms with Crippen LogP contribution in [-0.4, -0.2) is 16.8 Å². The van der Waals surface area contributed by atoms with Crippen LogP contribution in [0.15, 0.2) is 18.7 Å². The molecule has 1 N–H and O–H groups in total. The number of alkyl halides is 3. The molecule has 0 spiro atoms. The number of halogens is 3. The number of hydrogen-bond donors (Lipinski definition) is 1. The van der Waals surface area contributed by atoms with Crippen molar-refractivity contribution in [3.05, 3.63) is 18.7 Å². The molecule has 1 aromatic heterocycles. The van der Waals surface area contributed by atoms with Crippen molar-refractivity contribution in [3.8, 4) is 0 Å². The first-order valence-electron chi connectivity index (χ1n) is 4.58. The van der Waals surface area contributed by atoms with Crippen LogP contribution in [0.2, 0.25) is 0 Å². The van der Waals surface area contributed by atoms with E-state index in [9.17, 15) is 18.0 Å². The Morgan fingerprint density at radius 1 is 1.31 bits per heavy atom. The molecule has 0 aromatic carbocycles. The molecule has 1 heterocycles. The summed E-state index contributed by atoms with van der Waals surface area (Å²) in [4.78, 5) is 10.6. The van der Waals surface area contributed by atoms with Crippen LogP contribution >= 0.6 is 0 Å². The van der Waals surface area contributed by atoms with E-state index in [1.54, 1.807) is 16.2 Å². The van der Waals surface area contributed by atoms with Crippen molar-refractivity contribution >= 4 is 5.91 Å². The summed E-state index contributed by atoms with van der Waals surface area (Å²) >= 11 is 0. The van der Waals surface area contributed by atoms with E-state index in [0.717, 1.165) is 4.68 Å². The van der Waals surface area contributed by atoms with Crippen molar-refractivity contribution < 1.29 is 22.5 Å². The van der Waals surface area contributed by atoms with E-state index in [-0.39, 0.29) is 5.54 Å². The number of imidazole rings is 1. The summed E-state index contributed by atoms with van der Waals surface area (Å²) in [5.74, 6) is -2.00. The Morgan fingerprint density at radius 3 is 2.25 bits per heavy atom. The Labute approximate surface area is 90.6 Å². The Balaban J connectivity index is 2.78. The maximum atomic E-state index is 11.9. The highest BCUT2D eigenvalue weighted by atomic mass is 19.4. The van der Waals surface area contributed by atoms with Gasteiger partial charge in [-0.05, 0) is 20.8 Å². The van der Waals surface area contributed by atoms with Gasteiger partial charge in [-0.1, -0.05) is 0 Å². The van der Waals surface area contributed by atoms with E-state index < -0.39 is 12.1 Å². The zero-order valence-corrected chi connectivity index (χ0v) is 9.17. The van der Waals surface area contributed by atoms with E-state index in [0.29, 0.717) is 0 Å². The van der Waals surface area contributed by atoms with Gasteiger partial charge in [-0.25, -0.2) is 4.57 Å². The number of rotatable bonds is 1. The van der Waals surface area contributed by atoms with Crippen molar-refractivity contribution in [1.82, 2.24) is 4.68 Å². The normalized spacial score (nSPS) is 12.6. The lowest BCUT2D eigenvalue weighted by Crippen LogP contribution is -2.49. The molecule has 4 nitrogen and oxygen atoms in total. The summed E-state index contributed by atoms with van der Waals surface area (Å²) in [5.41, 5.74) is 1.45. The molecule has 16 heavy (non-hydrogen) atoms. The smallest absolute Gasteiger partial charge is 0.261 e. The average Bonchev–Trinajstić information content (AvgIpc) is 2.49. The number of nitrogens with zero attached hydrogens (tertiary/aromatic N) is 2. The maximum Gasteiger partial charge on any atom is 0.474 e. The Hall–Kier alpha value is -1.53. The lowest BCUT2D eigenvalue weighted by atomic mass is 10.1.